The van der Waals surface area contributed by atoms with Crippen molar-refractivity contribution in [1.82, 2.24) is 4.90 Å². The van der Waals surface area contributed by atoms with Crippen molar-refractivity contribution in [2.45, 2.75) is 6.23 Å². The van der Waals surface area contributed by atoms with E-state index in [1.165, 1.54) is 50.1 Å². The molecule has 1 unspecified atom stereocenters. The number of rotatable bonds is 5. The molecule has 0 saturated heterocycles. The van der Waals surface area contributed by atoms with E-state index in [0.717, 1.165) is 39.4 Å². The van der Waals surface area contributed by atoms with Gasteiger partial charge < -0.3 is 4.74 Å². The van der Waals surface area contributed by atoms with Crippen LogP contribution in [-0.4, -0.2) is 4.90 Å². The Kier molecular flexibility index (Phi) is 6.92. The van der Waals surface area contributed by atoms with Gasteiger partial charge in [0.1, 0.15) is 5.76 Å². The average Bonchev–Trinajstić information content (AvgIpc) is 3.22. The molecule has 3 heterocycles. The molecule has 1 atom stereocenters. The molecule has 7 aromatic carbocycles. The third-order valence-electron chi connectivity index (χ3n) is 10.3. The highest BCUT2D eigenvalue weighted by Gasteiger charge is 2.46. The molecule has 2 heteroatoms. The molecule has 0 amide bonds. The summed E-state index contributed by atoms with van der Waals surface area (Å²) in [7, 11) is 0. The van der Waals surface area contributed by atoms with Gasteiger partial charge in [0.15, 0.2) is 0 Å². The summed E-state index contributed by atoms with van der Waals surface area (Å²) >= 11 is 0. The molecular weight excluding hydrogens is 619 g/mol. The zero-order valence-corrected chi connectivity index (χ0v) is 27.9. The van der Waals surface area contributed by atoms with Crippen LogP contribution >= 0.6 is 0 Å². The smallest absolute Gasteiger partial charge is 0.204 e. The van der Waals surface area contributed by atoms with Crippen LogP contribution in [0.5, 0.6) is 0 Å². The van der Waals surface area contributed by atoms with E-state index >= 15 is 0 Å². The van der Waals surface area contributed by atoms with Crippen LogP contribution < -0.4 is 0 Å². The van der Waals surface area contributed by atoms with Crippen molar-refractivity contribution in [2.75, 3.05) is 0 Å². The summed E-state index contributed by atoms with van der Waals surface area (Å²) in [6, 6.07) is 69.5. The Morgan fingerprint density at radius 3 is 1.25 bits per heavy atom. The molecule has 0 bridgehead atoms. The Morgan fingerprint density at radius 2 is 0.706 bits per heavy atom. The first kappa shape index (κ1) is 29.3. The maximum Gasteiger partial charge on any atom is 0.204 e. The molecular formula is C49H33NO. The lowest BCUT2D eigenvalue weighted by Gasteiger charge is -2.49. The molecule has 10 rings (SSSR count). The molecule has 7 aromatic rings. The molecule has 0 spiro atoms. The molecule has 0 saturated carbocycles. The molecule has 3 aliphatic rings. The van der Waals surface area contributed by atoms with Crippen molar-refractivity contribution in [3.63, 3.8) is 0 Å². The fourth-order valence-electron chi connectivity index (χ4n) is 8.18. The van der Waals surface area contributed by atoms with E-state index < -0.39 is 6.23 Å². The Bertz CT molecular complexity index is 2510. The molecule has 0 radical (unpaired) electrons. The summed E-state index contributed by atoms with van der Waals surface area (Å²) in [6.07, 6.45) is -0.441. The van der Waals surface area contributed by atoms with E-state index in [9.17, 15) is 0 Å². The van der Waals surface area contributed by atoms with Gasteiger partial charge in [-0.3, -0.25) is 4.90 Å². The minimum Gasteiger partial charge on any atom is -0.465 e. The van der Waals surface area contributed by atoms with Gasteiger partial charge in [-0.05, 0) is 38.9 Å². The van der Waals surface area contributed by atoms with Gasteiger partial charge in [-0.25, -0.2) is 0 Å². The second-order valence-electron chi connectivity index (χ2n) is 13.1. The highest BCUT2D eigenvalue weighted by atomic mass is 16.5. The number of ether oxygens (including phenoxy) is 1. The van der Waals surface area contributed by atoms with Gasteiger partial charge in [0.25, 0.3) is 0 Å². The van der Waals surface area contributed by atoms with Gasteiger partial charge in [0.05, 0.1) is 11.4 Å². The van der Waals surface area contributed by atoms with Gasteiger partial charge in [-0.2, -0.15) is 0 Å². The SMILES string of the molecule is c1ccc(C2=C(c3ccccc3)c3cccc4c3C(O2)N2C(c3ccccc3)=C(c3ccccc3)c3ccccc3C2=C4c2ccccc2)cc1. The predicted molar refractivity (Wildman–Crippen MR) is 209 cm³/mol. The van der Waals surface area contributed by atoms with Gasteiger partial charge in [-0.15, -0.1) is 0 Å². The Morgan fingerprint density at radius 1 is 0.314 bits per heavy atom. The number of benzene rings is 7. The second-order valence-corrected chi connectivity index (χ2v) is 13.1. The van der Waals surface area contributed by atoms with E-state index in [4.69, 9.17) is 4.74 Å². The first-order valence-electron chi connectivity index (χ1n) is 17.6. The first-order valence-corrected chi connectivity index (χ1v) is 17.6. The van der Waals surface area contributed by atoms with Crippen LogP contribution in [0.4, 0.5) is 0 Å². The third-order valence-corrected chi connectivity index (χ3v) is 10.3. The first-order chi connectivity index (χ1) is 25.4. The molecule has 2 nitrogen and oxygen atoms in total. The number of fused-ring (bicyclic) bond motifs is 4. The Labute approximate surface area is 298 Å². The highest BCUT2D eigenvalue weighted by molar-refractivity contribution is 6.14. The highest BCUT2D eigenvalue weighted by Crippen LogP contribution is 2.59. The predicted octanol–water partition coefficient (Wildman–Crippen LogP) is 11.8. The maximum atomic E-state index is 7.59. The van der Waals surface area contributed by atoms with Crippen LogP contribution in [0.1, 0.15) is 61.9 Å². The molecule has 3 aliphatic heterocycles. The minimum atomic E-state index is -0.441. The monoisotopic (exact) mass is 651 g/mol. The van der Waals surface area contributed by atoms with Crippen molar-refractivity contribution in [1.29, 1.82) is 0 Å². The Balaban J connectivity index is 1.38. The van der Waals surface area contributed by atoms with Crippen molar-refractivity contribution < 1.29 is 4.74 Å². The van der Waals surface area contributed by atoms with E-state index in [2.05, 4.69) is 199 Å². The normalized spacial score (nSPS) is 15.9. The number of nitrogens with zero attached hydrogens (tertiary/aromatic N) is 1. The number of hydrogen-bond acceptors (Lipinski definition) is 2. The van der Waals surface area contributed by atoms with Crippen molar-refractivity contribution in [3.8, 4) is 0 Å². The van der Waals surface area contributed by atoms with Crippen LogP contribution in [0.2, 0.25) is 0 Å². The fourth-order valence-corrected chi connectivity index (χ4v) is 8.18. The zero-order valence-electron chi connectivity index (χ0n) is 27.9. The Hall–Kier alpha value is -6.64. The van der Waals surface area contributed by atoms with Gasteiger partial charge in [0, 0.05) is 33.4 Å². The van der Waals surface area contributed by atoms with Gasteiger partial charge in [-0.1, -0.05) is 194 Å². The quantitative estimate of drug-likeness (QED) is 0.184. The van der Waals surface area contributed by atoms with Crippen LogP contribution in [0, 0.1) is 0 Å². The lowest BCUT2D eigenvalue weighted by Crippen LogP contribution is -2.37. The summed E-state index contributed by atoms with van der Waals surface area (Å²) in [4.78, 5) is 2.51. The molecule has 0 aliphatic carbocycles. The van der Waals surface area contributed by atoms with Gasteiger partial charge >= 0.3 is 0 Å². The average molecular weight is 652 g/mol. The van der Waals surface area contributed by atoms with Crippen LogP contribution in [0.3, 0.4) is 0 Å². The molecule has 240 valence electrons. The zero-order chi connectivity index (χ0) is 33.7. The molecule has 0 fully saturated rings. The standard InChI is InChI=1S/C49H33NO/c1-6-19-33(20-7-1)42-38-29-16-17-30-39(38)47-43(34-21-8-2-9-22-34)40-31-18-32-41-44(35-23-10-3-11-24-35)48(37-27-14-5-15-28-37)51-49(45(40)41)50(47)46(42)36-25-12-4-13-26-36/h1-32,49H. The van der Waals surface area contributed by atoms with E-state index in [0.29, 0.717) is 0 Å². The van der Waals surface area contributed by atoms with Crippen molar-refractivity contribution in [2.24, 2.45) is 0 Å². The molecule has 51 heavy (non-hydrogen) atoms. The lowest BCUT2D eigenvalue weighted by atomic mass is 9.75. The third kappa shape index (κ3) is 4.65. The van der Waals surface area contributed by atoms with Crippen LogP contribution in [0.15, 0.2) is 194 Å². The van der Waals surface area contributed by atoms with E-state index in [1.807, 2.05) is 0 Å². The lowest BCUT2D eigenvalue weighted by molar-refractivity contribution is 0.0744. The second kappa shape index (κ2) is 12.0. The largest absolute Gasteiger partial charge is 0.465 e. The molecule has 0 aromatic heterocycles. The van der Waals surface area contributed by atoms with Crippen molar-refractivity contribution in [3.05, 3.63) is 250 Å². The van der Waals surface area contributed by atoms with Crippen LogP contribution in [0.25, 0.3) is 33.9 Å². The van der Waals surface area contributed by atoms with E-state index in [1.54, 1.807) is 0 Å². The summed E-state index contributed by atoms with van der Waals surface area (Å²) in [5, 5.41) is 0. The van der Waals surface area contributed by atoms with Crippen molar-refractivity contribution >= 4 is 33.9 Å². The summed E-state index contributed by atoms with van der Waals surface area (Å²) in [5.41, 5.74) is 17.4. The maximum absolute atomic E-state index is 7.59. The van der Waals surface area contributed by atoms with Crippen LogP contribution in [-0.2, 0) is 4.74 Å². The minimum absolute atomic E-state index is 0.441. The topological polar surface area (TPSA) is 12.5 Å². The summed E-state index contributed by atoms with van der Waals surface area (Å²) in [5.74, 6) is 0.881. The van der Waals surface area contributed by atoms with E-state index in [-0.39, 0.29) is 0 Å². The van der Waals surface area contributed by atoms with Gasteiger partial charge in [0.2, 0.25) is 6.23 Å². The fraction of sp³-hybridized carbons (Fsp3) is 0.0204. The molecule has 0 N–H and O–H groups in total. The summed E-state index contributed by atoms with van der Waals surface area (Å²) in [6.45, 7) is 0. The number of hydrogen-bond donors (Lipinski definition) is 0. The summed E-state index contributed by atoms with van der Waals surface area (Å²) < 4.78 is 7.59.